The van der Waals surface area contributed by atoms with Crippen LogP contribution < -0.4 is 5.32 Å². The summed E-state index contributed by atoms with van der Waals surface area (Å²) in [6, 6.07) is 4.02. The molecule has 100 valence electrons. The van der Waals surface area contributed by atoms with Gasteiger partial charge in [0.05, 0.1) is 16.2 Å². The number of halogens is 3. The summed E-state index contributed by atoms with van der Waals surface area (Å²) in [6.45, 7) is 0.983. The van der Waals surface area contributed by atoms with E-state index in [-0.39, 0.29) is 6.04 Å². The Morgan fingerprint density at radius 2 is 2.11 bits per heavy atom. The van der Waals surface area contributed by atoms with Crippen LogP contribution in [0.15, 0.2) is 22.7 Å². The molecule has 19 heavy (non-hydrogen) atoms. The standard InChI is InChI=1S/C13H12BrF2N3/c14-11-12(7-3-4-8(15)9(16)6-7)18-19-13(11)10-2-1-5-17-10/h3-4,6,10,17H,1-2,5H2,(H,18,19). The molecule has 0 amide bonds. The molecule has 2 N–H and O–H groups in total. The monoisotopic (exact) mass is 327 g/mol. The molecule has 0 bridgehead atoms. The zero-order valence-corrected chi connectivity index (χ0v) is 11.6. The fourth-order valence-electron chi connectivity index (χ4n) is 2.34. The van der Waals surface area contributed by atoms with Crippen molar-refractivity contribution in [3.05, 3.63) is 40.0 Å². The highest BCUT2D eigenvalue weighted by Crippen LogP contribution is 2.35. The number of H-pyrrole nitrogens is 1. The molecule has 0 radical (unpaired) electrons. The Morgan fingerprint density at radius 3 is 2.79 bits per heavy atom. The first kappa shape index (κ1) is 12.7. The second kappa shape index (κ2) is 5.02. The van der Waals surface area contributed by atoms with Gasteiger partial charge in [0.1, 0.15) is 5.69 Å². The topological polar surface area (TPSA) is 40.7 Å². The Balaban J connectivity index is 1.99. The maximum Gasteiger partial charge on any atom is 0.159 e. The molecule has 2 aromatic rings. The second-order valence-corrected chi connectivity index (χ2v) is 5.37. The van der Waals surface area contributed by atoms with Gasteiger partial charge in [0.2, 0.25) is 0 Å². The summed E-state index contributed by atoms with van der Waals surface area (Å²) in [7, 11) is 0. The van der Waals surface area contributed by atoms with Crippen molar-refractivity contribution in [3.8, 4) is 11.3 Å². The summed E-state index contributed by atoms with van der Waals surface area (Å²) >= 11 is 3.49. The molecule has 1 aromatic heterocycles. The van der Waals surface area contributed by atoms with E-state index in [1.807, 2.05) is 0 Å². The Kier molecular flexibility index (Phi) is 3.36. The summed E-state index contributed by atoms with van der Waals surface area (Å²) < 4.78 is 27.0. The molecule has 1 unspecified atom stereocenters. The molecule has 0 saturated carbocycles. The van der Waals surface area contributed by atoms with Crippen LogP contribution in [0.5, 0.6) is 0 Å². The number of benzene rings is 1. The maximum atomic E-state index is 13.3. The molecule has 1 aliphatic heterocycles. The Morgan fingerprint density at radius 1 is 1.26 bits per heavy atom. The van der Waals surface area contributed by atoms with Gasteiger partial charge in [-0.1, -0.05) is 0 Å². The third-order valence-electron chi connectivity index (χ3n) is 3.33. The van der Waals surface area contributed by atoms with Crippen molar-refractivity contribution in [1.29, 1.82) is 0 Å². The third-order valence-corrected chi connectivity index (χ3v) is 4.14. The van der Waals surface area contributed by atoms with E-state index in [4.69, 9.17) is 0 Å². The molecule has 0 aliphatic carbocycles. The molecule has 2 heterocycles. The Labute approximate surface area is 117 Å². The molecule has 1 aromatic carbocycles. The van der Waals surface area contributed by atoms with Gasteiger partial charge >= 0.3 is 0 Å². The highest BCUT2D eigenvalue weighted by molar-refractivity contribution is 9.10. The van der Waals surface area contributed by atoms with Crippen molar-refractivity contribution < 1.29 is 8.78 Å². The van der Waals surface area contributed by atoms with Gasteiger partial charge in [-0.3, -0.25) is 5.10 Å². The van der Waals surface area contributed by atoms with E-state index in [9.17, 15) is 8.78 Å². The van der Waals surface area contributed by atoms with Crippen molar-refractivity contribution in [2.45, 2.75) is 18.9 Å². The molecule has 1 fully saturated rings. The van der Waals surface area contributed by atoms with E-state index >= 15 is 0 Å². The minimum absolute atomic E-state index is 0.237. The van der Waals surface area contributed by atoms with Gasteiger partial charge in [0.15, 0.2) is 11.6 Å². The summed E-state index contributed by atoms with van der Waals surface area (Å²) in [4.78, 5) is 0. The van der Waals surface area contributed by atoms with Gasteiger partial charge < -0.3 is 5.32 Å². The van der Waals surface area contributed by atoms with Gasteiger partial charge in [-0.15, -0.1) is 0 Å². The first-order valence-corrected chi connectivity index (χ1v) is 6.88. The van der Waals surface area contributed by atoms with E-state index in [0.717, 1.165) is 41.7 Å². The highest BCUT2D eigenvalue weighted by Gasteiger charge is 2.23. The predicted molar refractivity (Wildman–Crippen MR) is 71.6 cm³/mol. The quantitative estimate of drug-likeness (QED) is 0.885. The summed E-state index contributed by atoms with van der Waals surface area (Å²) in [6.07, 6.45) is 2.16. The van der Waals surface area contributed by atoms with Crippen LogP contribution in [0.2, 0.25) is 0 Å². The van der Waals surface area contributed by atoms with Crippen molar-refractivity contribution in [2.75, 3.05) is 6.54 Å². The van der Waals surface area contributed by atoms with Crippen LogP contribution in [0.4, 0.5) is 8.78 Å². The summed E-state index contributed by atoms with van der Waals surface area (Å²) in [5.74, 6) is -1.72. The van der Waals surface area contributed by atoms with Crippen LogP contribution in [0, 0.1) is 11.6 Å². The van der Waals surface area contributed by atoms with Gasteiger partial charge in [-0.25, -0.2) is 8.78 Å². The van der Waals surface area contributed by atoms with Gasteiger partial charge in [-0.05, 0) is 53.5 Å². The lowest BCUT2D eigenvalue weighted by Gasteiger charge is -2.07. The fourth-order valence-corrected chi connectivity index (χ4v) is 3.02. The van der Waals surface area contributed by atoms with Crippen LogP contribution in [-0.2, 0) is 0 Å². The van der Waals surface area contributed by atoms with E-state index in [1.165, 1.54) is 6.07 Å². The number of hydrogen-bond acceptors (Lipinski definition) is 2. The lowest BCUT2D eigenvalue weighted by Crippen LogP contribution is -2.13. The first-order valence-electron chi connectivity index (χ1n) is 6.09. The largest absolute Gasteiger partial charge is 0.309 e. The van der Waals surface area contributed by atoms with E-state index in [2.05, 4.69) is 31.4 Å². The maximum absolute atomic E-state index is 13.3. The lowest BCUT2D eigenvalue weighted by atomic mass is 10.1. The van der Waals surface area contributed by atoms with Crippen LogP contribution in [-0.4, -0.2) is 16.7 Å². The van der Waals surface area contributed by atoms with E-state index < -0.39 is 11.6 Å². The molecule has 6 heteroatoms. The van der Waals surface area contributed by atoms with Crippen molar-refractivity contribution in [3.63, 3.8) is 0 Å². The number of rotatable bonds is 2. The van der Waals surface area contributed by atoms with E-state index in [0.29, 0.717) is 11.3 Å². The average molecular weight is 328 g/mol. The third kappa shape index (κ3) is 2.30. The van der Waals surface area contributed by atoms with Gasteiger partial charge in [0.25, 0.3) is 0 Å². The molecule has 3 rings (SSSR count). The zero-order chi connectivity index (χ0) is 13.4. The normalized spacial score (nSPS) is 19.0. The van der Waals surface area contributed by atoms with Crippen LogP contribution in [0.3, 0.4) is 0 Å². The van der Waals surface area contributed by atoms with Crippen molar-refractivity contribution in [2.24, 2.45) is 0 Å². The minimum atomic E-state index is -0.868. The summed E-state index contributed by atoms with van der Waals surface area (Å²) in [5, 5.41) is 10.5. The van der Waals surface area contributed by atoms with Crippen LogP contribution >= 0.6 is 15.9 Å². The number of nitrogens with one attached hydrogen (secondary N) is 2. The predicted octanol–water partition coefficient (Wildman–Crippen LogP) is 3.54. The Bertz CT molecular complexity index is 606. The fraction of sp³-hybridized carbons (Fsp3) is 0.308. The number of aromatic amines is 1. The average Bonchev–Trinajstić information content (AvgIpc) is 3.02. The minimum Gasteiger partial charge on any atom is -0.309 e. The lowest BCUT2D eigenvalue weighted by molar-refractivity contribution is 0.509. The van der Waals surface area contributed by atoms with Crippen LogP contribution in [0.1, 0.15) is 24.6 Å². The highest BCUT2D eigenvalue weighted by atomic mass is 79.9. The Hall–Kier alpha value is -1.27. The zero-order valence-electron chi connectivity index (χ0n) is 10.0. The number of nitrogens with zero attached hydrogens (tertiary/aromatic N) is 1. The smallest absolute Gasteiger partial charge is 0.159 e. The van der Waals surface area contributed by atoms with Crippen molar-refractivity contribution >= 4 is 15.9 Å². The molecule has 1 saturated heterocycles. The molecule has 3 nitrogen and oxygen atoms in total. The first-order chi connectivity index (χ1) is 9.16. The number of hydrogen-bond donors (Lipinski definition) is 2. The van der Waals surface area contributed by atoms with Crippen molar-refractivity contribution in [1.82, 2.24) is 15.5 Å². The van der Waals surface area contributed by atoms with E-state index in [1.54, 1.807) is 0 Å². The second-order valence-electron chi connectivity index (χ2n) is 4.58. The summed E-state index contributed by atoms with van der Waals surface area (Å²) in [5.41, 5.74) is 2.10. The molecular weight excluding hydrogens is 316 g/mol. The van der Waals surface area contributed by atoms with Gasteiger partial charge in [0, 0.05) is 5.56 Å². The SMILES string of the molecule is Fc1ccc(-c2n[nH]c(C3CCCN3)c2Br)cc1F. The number of aromatic nitrogens is 2. The molecule has 1 atom stereocenters. The molecule has 1 aliphatic rings. The molecule has 0 spiro atoms. The molecular formula is C13H12BrF2N3. The van der Waals surface area contributed by atoms with Crippen LogP contribution in [0.25, 0.3) is 11.3 Å². The van der Waals surface area contributed by atoms with Gasteiger partial charge in [-0.2, -0.15) is 5.10 Å².